The molecule has 0 unspecified atom stereocenters. The van der Waals surface area contributed by atoms with E-state index in [4.69, 9.17) is 61.1 Å². The summed E-state index contributed by atoms with van der Waals surface area (Å²) in [7, 11) is 1.63. The SMILES string of the molecule is COc1cc2c(-c3ccc(Cl)cc3)c(-c3ccc(Cl)cc3)c(-c3ccc(Cl)cc3)c(-c3ccc(Cl)cc3)c2c(-c2ccccn2)n1. The molecule has 0 atom stereocenters. The van der Waals surface area contributed by atoms with Gasteiger partial charge in [0.1, 0.15) is 5.69 Å². The third-order valence-corrected chi connectivity index (χ3v) is 8.92. The summed E-state index contributed by atoms with van der Waals surface area (Å²) < 4.78 is 5.84. The Hall–Kier alpha value is -4.38. The molecule has 0 aliphatic heterocycles. The summed E-state index contributed by atoms with van der Waals surface area (Å²) >= 11 is 25.8. The lowest BCUT2D eigenvalue weighted by atomic mass is 9.78. The molecule has 0 bridgehead atoms. The van der Waals surface area contributed by atoms with Crippen LogP contribution in [0.4, 0.5) is 0 Å². The molecule has 5 aromatic carbocycles. The zero-order valence-electron chi connectivity index (χ0n) is 24.4. The highest BCUT2D eigenvalue weighted by atomic mass is 35.5. The van der Waals surface area contributed by atoms with Gasteiger partial charge in [-0.3, -0.25) is 4.98 Å². The van der Waals surface area contributed by atoms with Gasteiger partial charge in [0.25, 0.3) is 0 Å². The second kappa shape index (κ2) is 12.8. The molecule has 0 aliphatic rings. The lowest BCUT2D eigenvalue weighted by molar-refractivity contribution is 0.399. The number of pyridine rings is 2. The Balaban J connectivity index is 1.81. The van der Waals surface area contributed by atoms with E-state index in [1.165, 1.54) is 0 Å². The molecule has 0 radical (unpaired) electrons. The van der Waals surface area contributed by atoms with Crippen molar-refractivity contribution >= 4 is 57.2 Å². The third-order valence-electron chi connectivity index (χ3n) is 7.91. The fourth-order valence-corrected chi connectivity index (χ4v) is 6.41. The molecule has 0 fully saturated rings. The van der Waals surface area contributed by atoms with E-state index in [2.05, 4.69) is 0 Å². The van der Waals surface area contributed by atoms with Gasteiger partial charge >= 0.3 is 0 Å². The van der Waals surface area contributed by atoms with E-state index in [0.717, 1.165) is 55.3 Å². The number of nitrogens with zero attached hydrogens (tertiary/aromatic N) is 2. The molecule has 7 rings (SSSR count). The summed E-state index contributed by atoms with van der Waals surface area (Å²) in [4.78, 5) is 9.79. The Bertz CT molecular complexity index is 2180. The Morgan fingerprint density at radius 2 is 0.935 bits per heavy atom. The van der Waals surface area contributed by atoms with Crippen molar-refractivity contribution in [3.05, 3.63) is 148 Å². The zero-order chi connectivity index (χ0) is 31.8. The van der Waals surface area contributed by atoms with E-state index >= 15 is 0 Å². The van der Waals surface area contributed by atoms with Gasteiger partial charge in [-0.15, -0.1) is 0 Å². The maximum absolute atomic E-state index is 6.45. The number of aromatic nitrogens is 2. The molecule has 46 heavy (non-hydrogen) atoms. The van der Waals surface area contributed by atoms with Gasteiger partial charge in [0.05, 0.1) is 12.8 Å². The van der Waals surface area contributed by atoms with E-state index in [1.54, 1.807) is 13.3 Å². The molecule has 0 aliphatic carbocycles. The number of rotatable bonds is 6. The largest absolute Gasteiger partial charge is 0.481 e. The molecule has 224 valence electrons. The topological polar surface area (TPSA) is 35.0 Å². The lowest BCUT2D eigenvalue weighted by Crippen LogP contribution is -2.01. The second-order valence-corrected chi connectivity index (χ2v) is 12.4. The fraction of sp³-hybridized carbons (Fsp3) is 0.0256. The first-order chi connectivity index (χ1) is 22.4. The van der Waals surface area contributed by atoms with Crippen molar-refractivity contribution in [2.75, 3.05) is 7.11 Å². The molecule has 2 heterocycles. The van der Waals surface area contributed by atoms with Gasteiger partial charge in [0.2, 0.25) is 5.88 Å². The van der Waals surface area contributed by atoms with Crippen LogP contribution >= 0.6 is 46.4 Å². The molecule has 0 amide bonds. The van der Waals surface area contributed by atoms with Crippen molar-refractivity contribution in [2.45, 2.75) is 0 Å². The van der Waals surface area contributed by atoms with Crippen LogP contribution < -0.4 is 4.74 Å². The van der Waals surface area contributed by atoms with Crippen molar-refractivity contribution in [1.82, 2.24) is 9.97 Å². The average Bonchev–Trinajstić information content (AvgIpc) is 3.09. The minimum absolute atomic E-state index is 0.465. The van der Waals surface area contributed by atoms with Crippen LogP contribution in [0.2, 0.25) is 20.1 Å². The highest BCUT2D eigenvalue weighted by Gasteiger charge is 2.27. The molecule has 2 aromatic heterocycles. The molecular weight excluding hydrogens is 654 g/mol. The Labute approximate surface area is 287 Å². The molecule has 3 nitrogen and oxygen atoms in total. The molecule has 7 aromatic rings. The van der Waals surface area contributed by atoms with Crippen molar-refractivity contribution in [3.8, 4) is 61.8 Å². The van der Waals surface area contributed by atoms with Gasteiger partial charge in [-0.1, -0.05) is 101 Å². The number of hydrogen-bond donors (Lipinski definition) is 0. The lowest BCUT2D eigenvalue weighted by Gasteiger charge is -2.25. The molecule has 0 saturated heterocycles. The number of ether oxygens (including phenoxy) is 1. The van der Waals surface area contributed by atoms with Gasteiger partial charge in [-0.25, -0.2) is 4.98 Å². The van der Waals surface area contributed by atoms with Crippen LogP contribution in [-0.4, -0.2) is 17.1 Å². The first-order valence-corrected chi connectivity index (χ1v) is 16.0. The van der Waals surface area contributed by atoms with E-state index in [-0.39, 0.29) is 0 Å². The first kappa shape index (κ1) is 30.3. The third kappa shape index (κ3) is 5.72. The molecular formula is C39H24Cl4N2O. The summed E-state index contributed by atoms with van der Waals surface area (Å²) in [6.45, 7) is 0. The molecule has 0 saturated carbocycles. The standard InChI is InChI=1S/C39H24Cl4N2O/c1-46-33-22-31-34(23-5-13-27(40)14-6-23)35(24-7-15-28(41)16-8-24)36(25-9-17-29(42)18-10-25)37(26-11-19-30(43)20-12-26)38(31)39(45-33)32-4-2-3-21-44-32/h2-22H,1H3. The smallest absolute Gasteiger partial charge is 0.214 e. The predicted octanol–water partition coefficient (Wildman–Crippen LogP) is 12.6. The summed E-state index contributed by atoms with van der Waals surface area (Å²) in [5.41, 5.74) is 9.21. The highest BCUT2D eigenvalue weighted by Crippen LogP contribution is 2.53. The minimum Gasteiger partial charge on any atom is -0.481 e. The van der Waals surface area contributed by atoms with Gasteiger partial charge in [0, 0.05) is 43.3 Å². The quantitative estimate of drug-likeness (QED) is 0.176. The van der Waals surface area contributed by atoms with E-state index in [0.29, 0.717) is 37.4 Å². The Morgan fingerprint density at radius 3 is 1.37 bits per heavy atom. The van der Waals surface area contributed by atoms with E-state index in [9.17, 15) is 0 Å². The monoisotopic (exact) mass is 676 g/mol. The summed E-state index contributed by atoms with van der Waals surface area (Å²) in [6, 6.07) is 39.4. The maximum atomic E-state index is 6.45. The second-order valence-electron chi connectivity index (χ2n) is 10.7. The van der Waals surface area contributed by atoms with Crippen LogP contribution in [0.25, 0.3) is 66.7 Å². The highest BCUT2D eigenvalue weighted by molar-refractivity contribution is 6.32. The normalized spacial score (nSPS) is 11.2. The van der Waals surface area contributed by atoms with Crippen LogP contribution in [0, 0.1) is 0 Å². The van der Waals surface area contributed by atoms with Crippen LogP contribution in [0.1, 0.15) is 0 Å². The first-order valence-electron chi connectivity index (χ1n) is 14.4. The number of halogens is 4. The number of fused-ring (bicyclic) bond motifs is 1. The fourth-order valence-electron chi connectivity index (χ4n) is 5.91. The molecule has 0 N–H and O–H groups in total. The number of benzene rings is 5. The van der Waals surface area contributed by atoms with Crippen molar-refractivity contribution in [2.24, 2.45) is 0 Å². The van der Waals surface area contributed by atoms with Gasteiger partial charge in [-0.05, 0) is 105 Å². The van der Waals surface area contributed by atoms with Crippen molar-refractivity contribution < 1.29 is 4.74 Å². The molecule has 0 spiro atoms. The zero-order valence-corrected chi connectivity index (χ0v) is 27.5. The van der Waals surface area contributed by atoms with Crippen LogP contribution in [0.5, 0.6) is 5.88 Å². The summed E-state index contributed by atoms with van der Waals surface area (Å²) in [5, 5.41) is 4.42. The van der Waals surface area contributed by atoms with Gasteiger partial charge < -0.3 is 4.74 Å². The van der Waals surface area contributed by atoms with Gasteiger partial charge in [-0.2, -0.15) is 0 Å². The van der Waals surface area contributed by atoms with E-state index < -0.39 is 0 Å². The summed E-state index contributed by atoms with van der Waals surface area (Å²) in [6.07, 6.45) is 1.77. The summed E-state index contributed by atoms with van der Waals surface area (Å²) in [5.74, 6) is 0.465. The van der Waals surface area contributed by atoms with Crippen LogP contribution in [-0.2, 0) is 0 Å². The van der Waals surface area contributed by atoms with Crippen LogP contribution in [0.15, 0.2) is 128 Å². The van der Waals surface area contributed by atoms with Crippen LogP contribution in [0.3, 0.4) is 0 Å². The van der Waals surface area contributed by atoms with Crippen molar-refractivity contribution in [3.63, 3.8) is 0 Å². The Kier molecular flexibility index (Phi) is 8.42. The number of methoxy groups -OCH3 is 1. The predicted molar refractivity (Wildman–Crippen MR) is 193 cm³/mol. The maximum Gasteiger partial charge on any atom is 0.214 e. The minimum atomic E-state index is 0.465. The molecule has 7 heteroatoms. The van der Waals surface area contributed by atoms with E-state index in [1.807, 2.05) is 121 Å². The van der Waals surface area contributed by atoms with Gasteiger partial charge in [0.15, 0.2) is 0 Å². The Morgan fingerprint density at radius 1 is 0.500 bits per heavy atom. The number of hydrogen-bond acceptors (Lipinski definition) is 3. The van der Waals surface area contributed by atoms with Crippen molar-refractivity contribution in [1.29, 1.82) is 0 Å². The average molecular weight is 678 g/mol.